The molecule has 0 aliphatic carbocycles. The molecule has 1 N–H and O–H groups in total. The lowest BCUT2D eigenvalue weighted by Gasteiger charge is -2.13. The van der Waals surface area contributed by atoms with Crippen molar-refractivity contribution >= 4 is 11.0 Å². The molecule has 0 saturated heterocycles. The van der Waals surface area contributed by atoms with Gasteiger partial charge in [-0.1, -0.05) is 18.2 Å². The molecule has 0 radical (unpaired) electrons. The lowest BCUT2D eigenvalue weighted by Crippen LogP contribution is -2.40. The zero-order chi connectivity index (χ0) is 19.5. The van der Waals surface area contributed by atoms with Crippen LogP contribution < -0.4 is 11.2 Å². The van der Waals surface area contributed by atoms with Gasteiger partial charge in [0.1, 0.15) is 0 Å². The Labute approximate surface area is 160 Å². The van der Waals surface area contributed by atoms with Gasteiger partial charge < -0.3 is 5.11 Å². The van der Waals surface area contributed by atoms with Crippen molar-refractivity contribution in [1.82, 2.24) is 19.1 Å². The number of hydrogen-bond donors (Lipinski definition) is 1. The first-order valence-corrected chi connectivity index (χ1v) is 8.89. The predicted octanol–water partition coefficient (Wildman–Crippen LogP) is 1.68. The lowest BCUT2D eigenvalue weighted by molar-refractivity contribution is 0.282. The molecule has 0 aliphatic heterocycles. The number of benzene rings is 1. The molecular formula is C21H18N4O3. The lowest BCUT2D eigenvalue weighted by atomic mass is 10.2. The first-order chi connectivity index (χ1) is 13.7. The third kappa shape index (κ3) is 3.23. The Morgan fingerprint density at radius 1 is 0.893 bits per heavy atom. The molecule has 4 rings (SSSR count). The molecule has 0 atom stereocenters. The third-order valence-corrected chi connectivity index (χ3v) is 4.59. The van der Waals surface area contributed by atoms with Crippen molar-refractivity contribution in [3.05, 3.63) is 99.1 Å². The number of aryl methyl sites for hydroxylation is 1. The van der Waals surface area contributed by atoms with Crippen molar-refractivity contribution < 1.29 is 5.11 Å². The first kappa shape index (κ1) is 17.8. The molecular weight excluding hydrogens is 356 g/mol. The highest BCUT2D eigenvalue weighted by atomic mass is 16.3. The number of nitrogens with zero attached hydrogens (tertiary/aromatic N) is 4. The van der Waals surface area contributed by atoms with Crippen LogP contribution in [-0.2, 0) is 19.6 Å². The molecule has 140 valence electrons. The molecule has 7 nitrogen and oxygen atoms in total. The maximum absolute atomic E-state index is 13.2. The van der Waals surface area contributed by atoms with Gasteiger partial charge in [0, 0.05) is 31.1 Å². The Bertz CT molecular complexity index is 1230. The number of pyridine rings is 2. The standard InChI is InChI=1S/C21H18N4O3/c26-14-15-6-8-17(9-7-15)25-19-18(5-3-12-23-19)20(27)24(21(25)28)13-10-16-4-1-2-11-22-16/h1-9,11-12,26H,10,13-14H2. The Morgan fingerprint density at radius 3 is 2.39 bits per heavy atom. The molecule has 0 bridgehead atoms. The average Bonchev–Trinajstić information content (AvgIpc) is 2.75. The number of aliphatic hydroxyl groups excluding tert-OH is 1. The van der Waals surface area contributed by atoms with Gasteiger partial charge in [0.15, 0.2) is 5.65 Å². The van der Waals surface area contributed by atoms with Crippen LogP contribution in [0.2, 0.25) is 0 Å². The van der Waals surface area contributed by atoms with Crippen molar-refractivity contribution in [3.8, 4) is 5.69 Å². The Morgan fingerprint density at radius 2 is 1.68 bits per heavy atom. The van der Waals surface area contributed by atoms with Gasteiger partial charge in [-0.15, -0.1) is 0 Å². The van der Waals surface area contributed by atoms with Crippen molar-refractivity contribution in [1.29, 1.82) is 0 Å². The highest BCUT2D eigenvalue weighted by Gasteiger charge is 2.15. The van der Waals surface area contributed by atoms with Crippen LogP contribution in [-0.4, -0.2) is 24.2 Å². The smallest absolute Gasteiger partial charge is 0.337 e. The Hall–Kier alpha value is -3.58. The van der Waals surface area contributed by atoms with Gasteiger partial charge in [0.25, 0.3) is 5.56 Å². The summed E-state index contributed by atoms with van der Waals surface area (Å²) < 4.78 is 2.65. The summed E-state index contributed by atoms with van der Waals surface area (Å²) in [4.78, 5) is 34.6. The number of aromatic nitrogens is 4. The van der Waals surface area contributed by atoms with Crippen LogP contribution in [0.1, 0.15) is 11.3 Å². The first-order valence-electron chi connectivity index (χ1n) is 8.89. The van der Waals surface area contributed by atoms with Crippen LogP contribution >= 0.6 is 0 Å². The van der Waals surface area contributed by atoms with Crippen molar-refractivity contribution in [2.24, 2.45) is 0 Å². The molecule has 0 fully saturated rings. The molecule has 1 aromatic carbocycles. The van der Waals surface area contributed by atoms with Crippen molar-refractivity contribution in [2.75, 3.05) is 0 Å². The minimum absolute atomic E-state index is 0.0856. The topological polar surface area (TPSA) is 90.0 Å². The second-order valence-electron chi connectivity index (χ2n) is 6.34. The Kier molecular flexibility index (Phi) is 4.82. The number of aliphatic hydroxyl groups is 1. The third-order valence-electron chi connectivity index (χ3n) is 4.59. The molecule has 4 aromatic rings. The highest BCUT2D eigenvalue weighted by molar-refractivity contribution is 5.75. The van der Waals surface area contributed by atoms with Crippen molar-refractivity contribution in [2.45, 2.75) is 19.6 Å². The van der Waals surface area contributed by atoms with E-state index in [1.807, 2.05) is 18.2 Å². The summed E-state index contributed by atoms with van der Waals surface area (Å²) in [6.07, 6.45) is 3.70. The monoisotopic (exact) mass is 374 g/mol. The van der Waals surface area contributed by atoms with E-state index in [0.29, 0.717) is 23.1 Å². The van der Waals surface area contributed by atoms with Gasteiger partial charge in [0.2, 0.25) is 0 Å². The van der Waals surface area contributed by atoms with E-state index in [-0.39, 0.29) is 18.7 Å². The minimum atomic E-state index is -0.455. The largest absolute Gasteiger partial charge is 0.392 e. The molecule has 0 aliphatic rings. The van der Waals surface area contributed by atoms with Gasteiger partial charge in [0.05, 0.1) is 17.7 Å². The van der Waals surface area contributed by atoms with E-state index >= 15 is 0 Å². The van der Waals surface area contributed by atoms with Gasteiger partial charge >= 0.3 is 5.69 Å². The number of rotatable bonds is 5. The van der Waals surface area contributed by atoms with E-state index in [1.54, 1.807) is 48.8 Å². The van der Waals surface area contributed by atoms with Crippen molar-refractivity contribution in [3.63, 3.8) is 0 Å². The molecule has 0 unspecified atom stereocenters. The van der Waals surface area contributed by atoms with Crippen LogP contribution in [0.25, 0.3) is 16.7 Å². The van der Waals surface area contributed by atoms with E-state index in [9.17, 15) is 14.7 Å². The maximum atomic E-state index is 13.2. The molecule has 3 aromatic heterocycles. The van der Waals surface area contributed by atoms with Crippen LogP contribution in [0.5, 0.6) is 0 Å². The molecule has 0 saturated carbocycles. The zero-order valence-electron chi connectivity index (χ0n) is 15.0. The molecule has 3 heterocycles. The zero-order valence-corrected chi connectivity index (χ0v) is 15.0. The normalized spacial score (nSPS) is 11.0. The van der Waals surface area contributed by atoms with Gasteiger partial charge in [-0.2, -0.15) is 0 Å². The van der Waals surface area contributed by atoms with Crippen LogP contribution in [0, 0.1) is 0 Å². The summed E-state index contributed by atoms with van der Waals surface area (Å²) in [5, 5.41) is 9.62. The quantitative estimate of drug-likeness (QED) is 0.574. The molecule has 7 heteroatoms. The molecule has 28 heavy (non-hydrogen) atoms. The SMILES string of the molecule is O=c1c2cccnc2n(-c2ccc(CO)cc2)c(=O)n1CCc1ccccn1. The molecule has 0 spiro atoms. The fourth-order valence-corrected chi connectivity index (χ4v) is 3.14. The number of hydrogen-bond acceptors (Lipinski definition) is 5. The van der Waals surface area contributed by atoms with Crippen LogP contribution in [0.3, 0.4) is 0 Å². The van der Waals surface area contributed by atoms with Gasteiger partial charge in [-0.3, -0.25) is 14.3 Å². The second-order valence-corrected chi connectivity index (χ2v) is 6.34. The average molecular weight is 374 g/mol. The van der Waals surface area contributed by atoms with E-state index in [4.69, 9.17) is 0 Å². The fourth-order valence-electron chi connectivity index (χ4n) is 3.14. The summed E-state index contributed by atoms with van der Waals surface area (Å²) in [5.41, 5.74) is 1.61. The fraction of sp³-hybridized carbons (Fsp3) is 0.143. The van der Waals surface area contributed by atoms with E-state index in [1.165, 1.54) is 9.13 Å². The van der Waals surface area contributed by atoms with Gasteiger partial charge in [-0.25, -0.2) is 14.3 Å². The predicted molar refractivity (Wildman–Crippen MR) is 105 cm³/mol. The highest BCUT2D eigenvalue weighted by Crippen LogP contribution is 2.13. The summed E-state index contributed by atoms with van der Waals surface area (Å²) in [7, 11) is 0. The van der Waals surface area contributed by atoms with Crippen LogP contribution in [0.4, 0.5) is 0 Å². The van der Waals surface area contributed by atoms with E-state index in [0.717, 1.165) is 11.3 Å². The number of fused-ring (bicyclic) bond motifs is 1. The summed E-state index contributed by atoms with van der Waals surface area (Å²) in [6, 6.07) is 15.8. The van der Waals surface area contributed by atoms with E-state index < -0.39 is 5.69 Å². The van der Waals surface area contributed by atoms with Crippen LogP contribution in [0.15, 0.2) is 76.6 Å². The van der Waals surface area contributed by atoms with E-state index in [2.05, 4.69) is 9.97 Å². The minimum Gasteiger partial charge on any atom is -0.392 e. The second kappa shape index (κ2) is 7.58. The summed E-state index contributed by atoms with van der Waals surface area (Å²) in [6.45, 7) is 0.131. The summed E-state index contributed by atoms with van der Waals surface area (Å²) in [5.74, 6) is 0. The maximum Gasteiger partial charge on any atom is 0.337 e. The Balaban J connectivity index is 1.88. The molecule has 0 amide bonds. The summed E-state index contributed by atoms with van der Waals surface area (Å²) >= 11 is 0. The van der Waals surface area contributed by atoms with Gasteiger partial charge in [-0.05, 0) is 42.0 Å².